The number of rotatable bonds is 5. The standard InChI is InChI=1S/C23H25N5OS/c1-13-8-15(20-17-10-27-28-21(17)26-12-25-20)6-7-16(13)14(2)9-18(29)22-24-11-19(30-22)23(3,4)5/h6-8,10-12,14H,9H2,1-5H3,(H,25,26,27,28). The van der Waals surface area contributed by atoms with E-state index in [0.29, 0.717) is 11.4 Å². The van der Waals surface area contributed by atoms with E-state index in [0.717, 1.165) is 38.3 Å². The SMILES string of the molecule is Cc1cc(-c2ncnc3[nH]ncc23)ccc1C(C)CC(=O)c1ncc(C(C)(C)C)s1. The average molecular weight is 420 g/mol. The van der Waals surface area contributed by atoms with E-state index in [9.17, 15) is 4.79 Å². The number of carbonyl (C=O) groups excluding carboxylic acids is 1. The number of nitrogens with one attached hydrogen (secondary N) is 1. The van der Waals surface area contributed by atoms with Crippen LogP contribution >= 0.6 is 11.3 Å². The van der Waals surface area contributed by atoms with Gasteiger partial charge < -0.3 is 0 Å². The number of hydrogen-bond donors (Lipinski definition) is 1. The zero-order valence-corrected chi connectivity index (χ0v) is 18.7. The molecule has 30 heavy (non-hydrogen) atoms. The van der Waals surface area contributed by atoms with Crippen molar-refractivity contribution in [3.8, 4) is 11.3 Å². The van der Waals surface area contributed by atoms with Gasteiger partial charge in [0, 0.05) is 23.1 Å². The summed E-state index contributed by atoms with van der Waals surface area (Å²) < 4.78 is 0. The van der Waals surface area contributed by atoms with Crippen LogP contribution < -0.4 is 0 Å². The lowest BCUT2D eigenvalue weighted by Gasteiger charge is -2.15. The Morgan fingerprint density at radius 1 is 1.17 bits per heavy atom. The molecule has 0 fully saturated rings. The summed E-state index contributed by atoms with van der Waals surface area (Å²) in [5, 5.41) is 8.44. The molecule has 1 atom stereocenters. The predicted molar refractivity (Wildman–Crippen MR) is 120 cm³/mol. The zero-order chi connectivity index (χ0) is 21.5. The highest BCUT2D eigenvalue weighted by atomic mass is 32.1. The molecule has 4 rings (SSSR count). The average Bonchev–Trinajstić information content (AvgIpc) is 3.36. The van der Waals surface area contributed by atoms with Crippen molar-refractivity contribution >= 4 is 28.2 Å². The Morgan fingerprint density at radius 3 is 2.67 bits per heavy atom. The molecule has 0 saturated heterocycles. The maximum atomic E-state index is 12.8. The molecule has 0 saturated carbocycles. The molecule has 0 radical (unpaired) electrons. The Bertz CT molecular complexity index is 1220. The predicted octanol–water partition coefficient (Wildman–Crippen LogP) is 5.46. The molecule has 3 heterocycles. The number of hydrogen-bond acceptors (Lipinski definition) is 6. The summed E-state index contributed by atoms with van der Waals surface area (Å²) in [5.74, 6) is 0.204. The van der Waals surface area contributed by atoms with Crippen molar-refractivity contribution in [3.63, 3.8) is 0 Å². The molecule has 0 aliphatic heterocycles. The monoisotopic (exact) mass is 419 g/mol. The molecule has 3 aromatic heterocycles. The van der Waals surface area contributed by atoms with Gasteiger partial charge in [0.15, 0.2) is 16.4 Å². The number of benzene rings is 1. The van der Waals surface area contributed by atoms with Crippen molar-refractivity contribution in [2.75, 3.05) is 0 Å². The summed E-state index contributed by atoms with van der Waals surface area (Å²) in [6, 6.07) is 6.27. The van der Waals surface area contributed by atoms with Crippen molar-refractivity contribution in [2.45, 2.75) is 52.4 Å². The molecule has 0 bridgehead atoms. The van der Waals surface area contributed by atoms with Gasteiger partial charge in [-0.25, -0.2) is 15.0 Å². The van der Waals surface area contributed by atoms with Crippen LogP contribution in [-0.4, -0.2) is 30.9 Å². The van der Waals surface area contributed by atoms with Crippen LogP contribution in [0.1, 0.15) is 65.8 Å². The van der Waals surface area contributed by atoms with E-state index in [1.54, 1.807) is 12.5 Å². The van der Waals surface area contributed by atoms with Crippen molar-refractivity contribution in [1.82, 2.24) is 25.1 Å². The molecule has 0 aliphatic carbocycles. The first-order valence-corrected chi connectivity index (χ1v) is 10.8. The van der Waals surface area contributed by atoms with Crippen molar-refractivity contribution in [1.29, 1.82) is 0 Å². The molecule has 0 spiro atoms. The highest BCUT2D eigenvalue weighted by molar-refractivity contribution is 7.13. The summed E-state index contributed by atoms with van der Waals surface area (Å²) in [5.41, 5.74) is 4.90. The van der Waals surface area contributed by atoms with Crippen LogP contribution in [0.25, 0.3) is 22.3 Å². The van der Waals surface area contributed by atoms with Crippen molar-refractivity contribution in [3.05, 3.63) is 57.9 Å². The molecular formula is C23H25N5OS. The number of Topliss-reactive ketones (excluding diaryl/α,β-unsaturated/α-hetero) is 1. The Morgan fingerprint density at radius 2 is 1.97 bits per heavy atom. The van der Waals surface area contributed by atoms with Gasteiger partial charge in [0.05, 0.1) is 17.3 Å². The number of nitrogens with zero attached hydrogens (tertiary/aromatic N) is 4. The summed E-state index contributed by atoms with van der Waals surface area (Å²) in [6.45, 7) is 10.6. The van der Waals surface area contributed by atoms with Crippen molar-refractivity contribution < 1.29 is 4.79 Å². The van der Waals surface area contributed by atoms with Gasteiger partial charge in [-0.2, -0.15) is 5.10 Å². The second-order valence-corrected chi connectivity index (χ2v) is 9.76. The maximum Gasteiger partial charge on any atom is 0.191 e. The largest absolute Gasteiger partial charge is 0.291 e. The summed E-state index contributed by atoms with van der Waals surface area (Å²) in [7, 11) is 0. The van der Waals surface area contributed by atoms with Crippen LogP contribution in [0, 0.1) is 6.92 Å². The molecule has 154 valence electrons. The first kappa shape index (κ1) is 20.3. The zero-order valence-electron chi connectivity index (χ0n) is 17.9. The van der Waals surface area contributed by atoms with E-state index in [2.05, 4.69) is 78.0 Å². The van der Waals surface area contributed by atoms with E-state index < -0.39 is 0 Å². The Labute approximate surface area is 179 Å². The molecule has 1 N–H and O–H groups in total. The van der Waals surface area contributed by atoms with E-state index in [1.165, 1.54) is 11.3 Å². The smallest absolute Gasteiger partial charge is 0.191 e. The quantitative estimate of drug-likeness (QED) is 0.434. The molecule has 4 aromatic rings. The number of aromatic amines is 1. The number of carbonyl (C=O) groups is 1. The number of aryl methyl sites for hydroxylation is 1. The van der Waals surface area contributed by atoms with Gasteiger partial charge in [-0.05, 0) is 35.4 Å². The Balaban J connectivity index is 1.55. The van der Waals surface area contributed by atoms with Crippen LogP contribution in [0.3, 0.4) is 0 Å². The Hall–Kier alpha value is -2.93. The Kier molecular flexibility index (Phi) is 5.24. The number of ketones is 1. The second-order valence-electron chi connectivity index (χ2n) is 8.73. The number of aromatic nitrogens is 5. The molecule has 1 unspecified atom stereocenters. The van der Waals surface area contributed by atoms with E-state index in [4.69, 9.17) is 0 Å². The molecule has 0 aliphatic rings. The molecule has 1 aromatic carbocycles. The third-order valence-electron chi connectivity index (χ3n) is 5.30. The number of thiazole rings is 1. The third-order valence-corrected chi connectivity index (χ3v) is 6.76. The molecular weight excluding hydrogens is 394 g/mol. The van der Waals surface area contributed by atoms with Gasteiger partial charge in [0.25, 0.3) is 0 Å². The van der Waals surface area contributed by atoms with Crippen LogP contribution in [-0.2, 0) is 5.41 Å². The van der Waals surface area contributed by atoms with E-state index >= 15 is 0 Å². The van der Waals surface area contributed by atoms with Crippen LogP contribution in [0.4, 0.5) is 0 Å². The number of fused-ring (bicyclic) bond motifs is 1. The lowest BCUT2D eigenvalue weighted by Crippen LogP contribution is -2.08. The summed E-state index contributed by atoms with van der Waals surface area (Å²) in [6.07, 6.45) is 5.56. The highest BCUT2D eigenvalue weighted by Gasteiger charge is 2.22. The minimum atomic E-state index is 0.00955. The topological polar surface area (TPSA) is 84.4 Å². The van der Waals surface area contributed by atoms with Gasteiger partial charge in [-0.3, -0.25) is 9.89 Å². The molecule has 7 heteroatoms. The minimum Gasteiger partial charge on any atom is -0.291 e. The van der Waals surface area contributed by atoms with Gasteiger partial charge in [0.1, 0.15) is 6.33 Å². The lowest BCUT2D eigenvalue weighted by molar-refractivity contribution is 0.0975. The fourth-order valence-electron chi connectivity index (χ4n) is 3.60. The van der Waals surface area contributed by atoms with Gasteiger partial charge in [-0.15, -0.1) is 11.3 Å². The summed E-state index contributed by atoms with van der Waals surface area (Å²) in [4.78, 5) is 27.0. The highest BCUT2D eigenvalue weighted by Crippen LogP contribution is 2.32. The van der Waals surface area contributed by atoms with Gasteiger partial charge in [-0.1, -0.05) is 39.8 Å². The second kappa shape index (κ2) is 7.72. The van der Waals surface area contributed by atoms with E-state index in [1.807, 2.05) is 6.20 Å². The normalized spacial score (nSPS) is 13.0. The first-order chi connectivity index (χ1) is 14.2. The first-order valence-electron chi connectivity index (χ1n) is 9.98. The fourth-order valence-corrected chi connectivity index (χ4v) is 4.52. The van der Waals surface area contributed by atoms with Gasteiger partial charge >= 0.3 is 0 Å². The lowest BCUT2D eigenvalue weighted by atomic mass is 9.90. The van der Waals surface area contributed by atoms with E-state index in [-0.39, 0.29) is 17.1 Å². The molecule has 0 amide bonds. The maximum absolute atomic E-state index is 12.8. The molecule has 6 nitrogen and oxygen atoms in total. The minimum absolute atomic E-state index is 0.00955. The van der Waals surface area contributed by atoms with Crippen LogP contribution in [0.5, 0.6) is 0 Å². The fraction of sp³-hybridized carbons (Fsp3) is 0.348. The van der Waals surface area contributed by atoms with Crippen LogP contribution in [0.15, 0.2) is 36.9 Å². The van der Waals surface area contributed by atoms with Crippen LogP contribution in [0.2, 0.25) is 0 Å². The number of H-pyrrole nitrogens is 1. The van der Waals surface area contributed by atoms with Crippen molar-refractivity contribution in [2.24, 2.45) is 0 Å². The third kappa shape index (κ3) is 3.89. The van der Waals surface area contributed by atoms with Gasteiger partial charge in [0.2, 0.25) is 0 Å². The summed E-state index contributed by atoms with van der Waals surface area (Å²) >= 11 is 1.51.